The van der Waals surface area contributed by atoms with E-state index in [0.29, 0.717) is 28.9 Å². The van der Waals surface area contributed by atoms with Gasteiger partial charge in [-0.15, -0.1) is 0 Å². The molecule has 0 radical (unpaired) electrons. The first-order valence-electron chi connectivity index (χ1n) is 6.98. The molecule has 0 aliphatic carbocycles. The number of hydrogen-bond donors (Lipinski definition) is 0. The number of benzene rings is 1. The second-order valence-corrected chi connectivity index (χ2v) is 4.99. The zero-order valence-corrected chi connectivity index (χ0v) is 12.6. The molecule has 0 saturated carbocycles. The summed E-state index contributed by atoms with van der Waals surface area (Å²) in [5.74, 6) is 0.861. The van der Waals surface area contributed by atoms with Crippen LogP contribution in [-0.4, -0.2) is 10.8 Å². The van der Waals surface area contributed by atoms with Crippen molar-refractivity contribution in [1.29, 1.82) is 0 Å². The van der Waals surface area contributed by atoms with Crippen molar-refractivity contribution in [3.05, 3.63) is 59.4 Å². The van der Waals surface area contributed by atoms with Gasteiger partial charge in [0, 0.05) is 6.07 Å². The zero-order valence-electron chi connectivity index (χ0n) is 12.6. The third kappa shape index (κ3) is 3.15. The number of nitrogens with zero attached hydrogens (tertiary/aromatic N) is 1. The van der Waals surface area contributed by atoms with Crippen LogP contribution in [0.5, 0.6) is 5.75 Å². The van der Waals surface area contributed by atoms with Crippen molar-refractivity contribution in [2.75, 3.05) is 0 Å². The Morgan fingerprint density at radius 1 is 1.35 bits per heavy atom. The molecule has 0 amide bonds. The number of furan rings is 1. The van der Waals surface area contributed by atoms with Crippen LogP contribution in [0.15, 0.2) is 45.4 Å². The fraction of sp³-hybridized carbons (Fsp3) is 0.176. The number of carbonyl (C=O) groups is 1. The summed E-state index contributed by atoms with van der Waals surface area (Å²) in [6.07, 6.45) is 1.53. The summed E-state index contributed by atoms with van der Waals surface area (Å²) in [4.78, 5) is 15.5. The maximum absolute atomic E-state index is 13.7. The van der Waals surface area contributed by atoms with E-state index in [4.69, 9.17) is 13.6 Å². The van der Waals surface area contributed by atoms with E-state index in [1.165, 1.54) is 25.3 Å². The van der Waals surface area contributed by atoms with Gasteiger partial charge >= 0.3 is 0 Å². The van der Waals surface area contributed by atoms with E-state index in [1.807, 2.05) is 0 Å². The summed E-state index contributed by atoms with van der Waals surface area (Å²) >= 11 is 0. The van der Waals surface area contributed by atoms with E-state index in [0.717, 1.165) is 0 Å². The molecule has 23 heavy (non-hydrogen) atoms. The fourth-order valence-electron chi connectivity index (χ4n) is 2.09. The molecule has 2 aromatic heterocycles. The molecule has 0 aliphatic rings. The minimum absolute atomic E-state index is 0.0371. The van der Waals surface area contributed by atoms with Crippen molar-refractivity contribution in [2.45, 2.75) is 20.5 Å². The second kappa shape index (κ2) is 6.08. The van der Waals surface area contributed by atoms with Crippen LogP contribution >= 0.6 is 0 Å². The van der Waals surface area contributed by atoms with Crippen LogP contribution in [0.2, 0.25) is 0 Å². The van der Waals surface area contributed by atoms with E-state index in [1.54, 1.807) is 25.1 Å². The van der Waals surface area contributed by atoms with Gasteiger partial charge in [0.2, 0.25) is 0 Å². The number of hydrogen-bond acceptors (Lipinski definition) is 5. The minimum Gasteiger partial charge on any atom is -0.487 e. The molecule has 118 valence electrons. The summed E-state index contributed by atoms with van der Waals surface area (Å²) in [7, 11) is 0. The van der Waals surface area contributed by atoms with Gasteiger partial charge in [-0.25, -0.2) is 9.37 Å². The van der Waals surface area contributed by atoms with Gasteiger partial charge in [-0.2, -0.15) is 0 Å². The average molecular weight is 315 g/mol. The van der Waals surface area contributed by atoms with Gasteiger partial charge in [-0.05, 0) is 38.1 Å². The lowest BCUT2D eigenvalue weighted by atomic mass is 10.1. The van der Waals surface area contributed by atoms with Gasteiger partial charge in [-0.3, -0.25) is 4.79 Å². The second-order valence-electron chi connectivity index (χ2n) is 4.99. The van der Waals surface area contributed by atoms with Crippen molar-refractivity contribution in [1.82, 2.24) is 4.98 Å². The lowest BCUT2D eigenvalue weighted by Crippen LogP contribution is -2.01. The molecule has 3 rings (SSSR count). The minimum atomic E-state index is -0.608. The van der Waals surface area contributed by atoms with E-state index in [2.05, 4.69) is 4.98 Å². The van der Waals surface area contributed by atoms with Crippen LogP contribution in [-0.2, 0) is 6.61 Å². The van der Waals surface area contributed by atoms with Crippen LogP contribution in [0.4, 0.5) is 4.39 Å². The van der Waals surface area contributed by atoms with Crippen molar-refractivity contribution in [3.63, 3.8) is 0 Å². The molecule has 1 aromatic carbocycles. The number of aromatic nitrogens is 1. The first-order chi connectivity index (χ1) is 11.0. The Balaban J connectivity index is 1.74. The highest BCUT2D eigenvalue weighted by molar-refractivity contribution is 5.94. The SMILES string of the molecule is CC(=O)c1ccc(OCc2nc(-c3ccco3)oc2C)cc1F. The number of ether oxygens (including phenoxy) is 1. The molecule has 0 saturated heterocycles. The highest BCUT2D eigenvalue weighted by atomic mass is 19.1. The third-order valence-electron chi connectivity index (χ3n) is 3.32. The van der Waals surface area contributed by atoms with Crippen molar-refractivity contribution >= 4 is 5.78 Å². The predicted molar refractivity (Wildman–Crippen MR) is 79.7 cm³/mol. The van der Waals surface area contributed by atoms with Gasteiger partial charge < -0.3 is 13.6 Å². The number of aryl methyl sites for hydroxylation is 1. The number of carbonyl (C=O) groups excluding carboxylic acids is 1. The first-order valence-corrected chi connectivity index (χ1v) is 6.98. The molecule has 3 aromatic rings. The molecule has 0 spiro atoms. The van der Waals surface area contributed by atoms with Crippen molar-refractivity contribution in [2.24, 2.45) is 0 Å². The standard InChI is InChI=1S/C17H14FNO4/c1-10(20)13-6-5-12(8-14(13)18)22-9-15-11(2)23-17(19-15)16-4-3-7-21-16/h3-8H,9H2,1-2H3. The van der Waals surface area contributed by atoms with Gasteiger partial charge in [-0.1, -0.05) is 0 Å². The van der Waals surface area contributed by atoms with Gasteiger partial charge in [0.05, 0.1) is 11.8 Å². The summed E-state index contributed by atoms with van der Waals surface area (Å²) in [5.41, 5.74) is 0.627. The number of Topliss-reactive ketones (excluding diaryl/α,β-unsaturated/α-hetero) is 1. The monoisotopic (exact) mass is 315 g/mol. The quantitative estimate of drug-likeness (QED) is 0.661. The van der Waals surface area contributed by atoms with Crippen LogP contribution in [0, 0.1) is 12.7 Å². The van der Waals surface area contributed by atoms with E-state index < -0.39 is 5.82 Å². The van der Waals surface area contributed by atoms with Crippen LogP contribution in [0.1, 0.15) is 28.7 Å². The smallest absolute Gasteiger partial charge is 0.263 e. The highest BCUT2D eigenvalue weighted by Gasteiger charge is 2.14. The normalized spacial score (nSPS) is 10.7. The van der Waals surface area contributed by atoms with Crippen LogP contribution in [0.3, 0.4) is 0 Å². The summed E-state index contributed by atoms with van der Waals surface area (Å²) in [6, 6.07) is 7.61. The van der Waals surface area contributed by atoms with E-state index >= 15 is 0 Å². The van der Waals surface area contributed by atoms with Crippen LogP contribution < -0.4 is 4.74 Å². The highest BCUT2D eigenvalue weighted by Crippen LogP contribution is 2.23. The van der Waals surface area contributed by atoms with Crippen molar-refractivity contribution < 1.29 is 22.8 Å². The first kappa shape index (κ1) is 15.0. The molecule has 2 heterocycles. The molecule has 0 aliphatic heterocycles. The number of ketones is 1. The average Bonchev–Trinajstić information content (AvgIpc) is 3.14. The number of halogens is 1. The molecule has 0 bridgehead atoms. The van der Waals surface area contributed by atoms with Crippen molar-refractivity contribution in [3.8, 4) is 17.4 Å². The maximum Gasteiger partial charge on any atom is 0.263 e. The van der Waals surface area contributed by atoms with E-state index in [-0.39, 0.29) is 18.0 Å². The Kier molecular flexibility index (Phi) is 3.97. The third-order valence-corrected chi connectivity index (χ3v) is 3.32. The Morgan fingerprint density at radius 3 is 2.83 bits per heavy atom. The molecule has 0 fully saturated rings. The topological polar surface area (TPSA) is 65.5 Å². The molecular weight excluding hydrogens is 301 g/mol. The number of rotatable bonds is 5. The molecular formula is C17H14FNO4. The Bertz CT molecular complexity index is 836. The molecule has 6 heteroatoms. The predicted octanol–water partition coefficient (Wildman–Crippen LogP) is 4.16. The summed E-state index contributed by atoms with van der Waals surface area (Å²) in [5, 5.41) is 0. The fourth-order valence-corrected chi connectivity index (χ4v) is 2.09. The Labute approximate surface area is 131 Å². The largest absolute Gasteiger partial charge is 0.487 e. The molecule has 0 N–H and O–H groups in total. The van der Waals surface area contributed by atoms with Crippen LogP contribution in [0.25, 0.3) is 11.7 Å². The van der Waals surface area contributed by atoms with Gasteiger partial charge in [0.25, 0.3) is 5.89 Å². The summed E-state index contributed by atoms with van der Waals surface area (Å²) < 4.78 is 30.0. The lowest BCUT2D eigenvalue weighted by Gasteiger charge is -2.06. The van der Waals surface area contributed by atoms with Gasteiger partial charge in [0.1, 0.15) is 29.6 Å². The number of oxazole rings is 1. The summed E-state index contributed by atoms with van der Waals surface area (Å²) in [6.45, 7) is 3.19. The lowest BCUT2D eigenvalue weighted by molar-refractivity contribution is 0.101. The maximum atomic E-state index is 13.7. The molecule has 0 atom stereocenters. The Morgan fingerprint density at radius 2 is 2.17 bits per heavy atom. The zero-order chi connectivity index (χ0) is 16.4. The van der Waals surface area contributed by atoms with Gasteiger partial charge in [0.15, 0.2) is 11.5 Å². The Hall–Kier alpha value is -2.89. The molecule has 0 unspecified atom stereocenters. The molecule has 5 nitrogen and oxygen atoms in total. The van der Waals surface area contributed by atoms with E-state index in [9.17, 15) is 9.18 Å².